The summed E-state index contributed by atoms with van der Waals surface area (Å²) in [5, 5.41) is 0. The van der Waals surface area contributed by atoms with Crippen LogP contribution in [0, 0.1) is 12.8 Å². The lowest BCUT2D eigenvalue weighted by atomic mass is 9.96. The fourth-order valence-electron chi connectivity index (χ4n) is 2.59. The standard InChI is InChI=1S/C19H20O4S/c1-14-7-9-18(10-8-14)24(22,23)13-16(12-20)11-17-5-3-4-6-19(17)15(2)21/h3-10,12,16H,11,13H2,1-2H3. The van der Waals surface area contributed by atoms with Crippen molar-refractivity contribution in [3.63, 3.8) is 0 Å². The maximum Gasteiger partial charge on any atom is 0.179 e. The van der Waals surface area contributed by atoms with Gasteiger partial charge in [-0.15, -0.1) is 0 Å². The highest BCUT2D eigenvalue weighted by Gasteiger charge is 2.22. The van der Waals surface area contributed by atoms with Crippen molar-refractivity contribution in [1.82, 2.24) is 0 Å². The lowest BCUT2D eigenvalue weighted by Gasteiger charge is -2.13. The van der Waals surface area contributed by atoms with E-state index in [1.54, 1.807) is 48.5 Å². The van der Waals surface area contributed by atoms with Crippen molar-refractivity contribution < 1.29 is 18.0 Å². The number of aldehydes is 1. The van der Waals surface area contributed by atoms with E-state index in [0.29, 0.717) is 17.4 Å². The summed E-state index contributed by atoms with van der Waals surface area (Å²) < 4.78 is 25.0. The molecule has 0 spiro atoms. The summed E-state index contributed by atoms with van der Waals surface area (Å²) in [5.41, 5.74) is 2.19. The van der Waals surface area contributed by atoms with Crippen LogP contribution in [0.25, 0.3) is 0 Å². The van der Waals surface area contributed by atoms with Crippen LogP contribution in [0.1, 0.15) is 28.4 Å². The second kappa shape index (κ2) is 7.53. The normalized spacial score (nSPS) is 12.6. The third kappa shape index (κ3) is 4.38. The molecule has 5 heteroatoms. The Morgan fingerprint density at radius 1 is 1.08 bits per heavy atom. The molecule has 1 atom stereocenters. The smallest absolute Gasteiger partial charge is 0.179 e. The number of carbonyl (C=O) groups excluding carboxylic acids is 2. The van der Waals surface area contributed by atoms with Crippen LogP contribution in [0.3, 0.4) is 0 Å². The van der Waals surface area contributed by atoms with Gasteiger partial charge in [-0.2, -0.15) is 0 Å². The van der Waals surface area contributed by atoms with Crippen LogP contribution >= 0.6 is 0 Å². The van der Waals surface area contributed by atoms with Crippen molar-refractivity contribution >= 4 is 21.9 Å². The first-order chi connectivity index (χ1) is 11.3. The van der Waals surface area contributed by atoms with Gasteiger partial charge in [-0.25, -0.2) is 8.42 Å². The lowest BCUT2D eigenvalue weighted by Crippen LogP contribution is -2.20. The third-order valence-electron chi connectivity index (χ3n) is 3.88. The topological polar surface area (TPSA) is 68.3 Å². The van der Waals surface area contributed by atoms with Crippen LogP contribution < -0.4 is 0 Å². The van der Waals surface area contributed by atoms with E-state index in [-0.39, 0.29) is 22.9 Å². The second-order valence-electron chi connectivity index (χ2n) is 5.91. The predicted octanol–water partition coefficient (Wildman–Crippen LogP) is 3.03. The van der Waals surface area contributed by atoms with E-state index >= 15 is 0 Å². The minimum atomic E-state index is -3.56. The Balaban J connectivity index is 2.22. The van der Waals surface area contributed by atoms with Gasteiger partial charge in [0, 0.05) is 11.5 Å². The van der Waals surface area contributed by atoms with Crippen molar-refractivity contribution in [3.8, 4) is 0 Å². The van der Waals surface area contributed by atoms with Gasteiger partial charge in [0.05, 0.1) is 10.6 Å². The number of ketones is 1. The molecule has 4 nitrogen and oxygen atoms in total. The van der Waals surface area contributed by atoms with E-state index in [4.69, 9.17) is 0 Å². The molecule has 1 unspecified atom stereocenters. The first-order valence-electron chi connectivity index (χ1n) is 7.67. The van der Waals surface area contributed by atoms with E-state index in [0.717, 1.165) is 5.56 Å². The molecule has 2 aromatic rings. The van der Waals surface area contributed by atoms with Crippen molar-refractivity contribution in [3.05, 3.63) is 65.2 Å². The number of sulfone groups is 1. The first kappa shape index (κ1) is 18.1. The molecule has 0 aliphatic heterocycles. The molecule has 126 valence electrons. The molecule has 0 aromatic heterocycles. The monoisotopic (exact) mass is 344 g/mol. The molecule has 0 saturated carbocycles. The molecule has 0 aliphatic carbocycles. The van der Waals surface area contributed by atoms with Crippen molar-refractivity contribution in [1.29, 1.82) is 0 Å². The van der Waals surface area contributed by atoms with Crippen molar-refractivity contribution in [2.24, 2.45) is 5.92 Å². The average Bonchev–Trinajstić information content (AvgIpc) is 2.54. The molecule has 0 N–H and O–H groups in total. The van der Waals surface area contributed by atoms with Crippen LogP contribution in [0.5, 0.6) is 0 Å². The number of hydrogen-bond donors (Lipinski definition) is 0. The summed E-state index contributed by atoms with van der Waals surface area (Å²) in [5.74, 6) is -1.07. The molecule has 24 heavy (non-hydrogen) atoms. The Morgan fingerprint density at radius 3 is 2.29 bits per heavy atom. The lowest BCUT2D eigenvalue weighted by molar-refractivity contribution is -0.110. The zero-order valence-corrected chi connectivity index (χ0v) is 14.5. The Kier molecular flexibility index (Phi) is 5.67. The average molecular weight is 344 g/mol. The molecule has 0 aliphatic rings. The van der Waals surface area contributed by atoms with Gasteiger partial charge in [-0.05, 0) is 38.0 Å². The number of rotatable bonds is 7. The quantitative estimate of drug-likeness (QED) is 0.572. The Morgan fingerprint density at radius 2 is 1.71 bits per heavy atom. The zero-order chi connectivity index (χ0) is 17.7. The van der Waals surface area contributed by atoms with Gasteiger partial charge in [0.25, 0.3) is 0 Å². The highest BCUT2D eigenvalue weighted by atomic mass is 32.2. The second-order valence-corrected chi connectivity index (χ2v) is 7.94. The van der Waals surface area contributed by atoms with E-state index in [2.05, 4.69) is 0 Å². The first-order valence-corrected chi connectivity index (χ1v) is 9.32. The maximum absolute atomic E-state index is 12.5. The maximum atomic E-state index is 12.5. The summed E-state index contributed by atoms with van der Waals surface area (Å²) >= 11 is 0. The largest absolute Gasteiger partial charge is 0.303 e. The van der Waals surface area contributed by atoms with Crippen LogP contribution in [0.2, 0.25) is 0 Å². The molecule has 2 aromatic carbocycles. The number of benzene rings is 2. The van der Waals surface area contributed by atoms with Crippen LogP contribution in [0.4, 0.5) is 0 Å². The minimum Gasteiger partial charge on any atom is -0.303 e. The predicted molar refractivity (Wildman–Crippen MR) is 92.9 cm³/mol. The van der Waals surface area contributed by atoms with Crippen LogP contribution in [-0.4, -0.2) is 26.2 Å². The van der Waals surface area contributed by atoms with E-state index in [1.807, 2.05) is 6.92 Å². The van der Waals surface area contributed by atoms with E-state index < -0.39 is 15.8 Å². The highest BCUT2D eigenvalue weighted by molar-refractivity contribution is 7.91. The number of Topliss-reactive ketones (excluding diaryl/α,β-unsaturated/α-hetero) is 1. The van der Waals surface area contributed by atoms with Gasteiger partial charge in [-0.3, -0.25) is 4.79 Å². The SMILES string of the molecule is CC(=O)c1ccccc1CC(C=O)CS(=O)(=O)c1ccc(C)cc1. The fourth-order valence-corrected chi connectivity index (χ4v) is 4.10. The van der Waals surface area contributed by atoms with Crippen LogP contribution in [-0.2, 0) is 21.1 Å². The Labute approximate surface area is 142 Å². The summed E-state index contributed by atoms with van der Waals surface area (Å²) in [6.07, 6.45) is 0.882. The Bertz CT molecular complexity index is 836. The minimum absolute atomic E-state index is 0.100. The number of hydrogen-bond acceptors (Lipinski definition) is 4. The van der Waals surface area contributed by atoms with E-state index in [9.17, 15) is 18.0 Å². The third-order valence-corrected chi connectivity index (χ3v) is 5.74. The summed E-state index contributed by atoms with van der Waals surface area (Å²) in [6, 6.07) is 13.5. The molecule has 0 fully saturated rings. The molecule has 0 saturated heterocycles. The molecule has 2 rings (SSSR count). The highest BCUT2D eigenvalue weighted by Crippen LogP contribution is 2.19. The van der Waals surface area contributed by atoms with Gasteiger partial charge >= 0.3 is 0 Å². The number of carbonyl (C=O) groups is 2. The summed E-state index contributed by atoms with van der Waals surface area (Å²) in [6.45, 7) is 3.33. The van der Waals surface area contributed by atoms with E-state index in [1.165, 1.54) is 6.92 Å². The summed E-state index contributed by atoms with van der Waals surface area (Å²) in [7, 11) is -3.56. The summed E-state index contributed by atoms with van der Waals surface area (Å²) in [4.78, 5) is 23.3. The molecule has 0 amide bonds. The van der Waals surface area contributed by atoms with Crippen molar-refractivity contribution in [2.75, 3.05) is 5.75 Å². The molecular weight excluding hydrogens is 324 g/mol. The zero-order valence-electron chi connectivity index (χ0n) is 13.7. The van der Waals surface area contributed by atoms with Gasteiger partial charge in [0.1, 0.15) is 6.29 Å². The molecular formula is C19H20O4S. The molecule has 0 heterocycles. The van der Waals surface area contributed by atoms with Gasteiger partial charge in [0.15, 0.2) is 15.6 Å². The van der Waals surface area contributed by atoms with Gasteiger partial charge in [0.2, 0.25) is 0 Å². The molecule has 0 bridgehead atoms. The Hall–Kier alpha value is -2.27. The number of aryl methyl sites for hydroxylation is 1. The van der Waals surface area contributed by atoms with Crippen molar-refractivity contribution in [2.45, 2.75) is 25.2 Å². The molecule has 0 radical (unpaired) electrons. The van der Waals surface area contributed by atoms with Gasteiger partial charge < -0.3 is 4.79 Å². The fraction of sp³-hybridized carbons (Fsp3) is 0.263. The van der Waals surface area contributed by atoms with Crippen LogP contribution in [0.15, 0.2) is 53.4 Å². The van der Waals surface area contributed by atoms with Gasteiger partial charge in [-0.1, -0.05) is 42.0 Å².